The quantitative estimate of drug-likeness (QED) is 0.523. The minimum atomic E-state index is -0.578. The van der Waals surface area contributed by atoms with Crippen LogP contribution < -0.4 is 4.74 Å². The average Bonchev–Trinajstić information content (AvgIpc) is 2.97. The fourth-order valence-electron chi connectivity index (χ4n) is 2.75. The van der Waals surface area contributed by atoms with Crippen molar-refractivity contribution in [3.05, 3.63) is 52.8 Å². The zero-order chi connectivity index (χ0) is 20.0. The lowest BCUT2D eigenvalue weighted by Crippen LogP contribution is -2.15. The predicted octanol–water partition coefficient (Wildman–Crippen LogP) is 2.72. The second kappa shape index (κ2) is 9.02. The van der Waals surface area contributed by atoms with Crippen molar-refractivity contribution < 1.29 is 28.6 Å². The third-order valence-corrected chi connectivity index (χ3v) is 4.30. The SMILES string of the molecule is COC(=O)CCn1c(C)cc(C(=O)COC(=O)c2ccc(OC)cc2)c1C. The molecule has 0 saturated carbocycles. The van der Waals surface area contributed by atoms with Crippen LogP contribution in [-0.2, 0) is 20.8 Å². The van der Waals surface area contributed by atoms with Crippen LogP contribution in [0.1, 0.15) is 38.5 Å². The number of Topliss-reactive ketones (excluding diaryl/α,β-unsaturated/α-hetero) is 1. The Labute approximate surface area is 157 Å². The Balaban J connectivity index is 2.00. The van der Waals surface area contributed by atoms with Crippen LogP contribution in [0, 0.1) is 13.8 Å². The minimum absolute atomic E-state index is 0.215. The van der Waals surface area contributed by atoms with Gasteiger partial charge in [-0.3, -0.25) is 9.59 Å². The number of carbonyl (C=O) groups excluding carboxylic acids is 3. The van der Waals surface area contributed by atoms with Crippen molar-refractivity contribution in [2.24, 2.45) is 0 Å². The third-order valence-electron chi connectivity index (χ3n) is 4.30. The first-order valence-electron chi connectivity index (χ1n) is 8.45. The van der Waals surface area contributed by atoms with E-state index in [-0.39, 0.29) is 24.8 Å². The summed E-state index contributed by atoms with van der Waals surface area (Å²) >= 11 is 0. The first kappa shape index (κ1) is 20.2. The van der Waals surface area contributed by atoms with E-state index in [0.29, 0.717) is 23.4 Å². The first-order valence-corrected chi connectivity index (χ1v) is 8.45. The van der Waals surface area contributed by atoms with Crippen LogP contribution in [0.5, 0.6) is 5.75 Å². The summed E-state index contributed by atoms with van der Waals surface area (Å²) in [5.41, 5.74) is 2.38. The van der Waals surface area contributed by atoms with Crippen molar-refractivity contribution in [2.75, 3.05) is 20.8 Å². The van der Waals surface area contributed by atoms with Gasteiger partial charge in [0.15, 0.2) is 6.61 Å². The molecule has 0 unspecified atom stereocenters. The maximum atomic E-state index is 12.5. The van der Waals surface area contributed by atoms with Gasteiger partial charge in [-0.1, -0.05) is 0 Å². The number of methoxy groups -OCH3 is 2. The highest BCUT2D eigenvalue weighted by atomic mass is 16.5. The van der Waals surface area contributed by atoms with Crippen molar-refractivity contribution in [3.63, 3.8) is 0 Å². The topological polar surface area (TPSA) is 83.8 Å². The molecule has 0 atom stereocenters. The molecule has 0 fully saturated rings. The number of rotatable bonds is 8. The lowest BCUT2D eigenvalue weighted by molar-refractivity contribution is -0.140. The molecule has 0 radical (unpaired) electrons. The predicted molar refractivity (Wildman–Crippen MR) is 98.1 cm³/mol. The Morgan fingerprint density at radius 2 is 1.70 bits per heavy atom. The molecule has 1 aromatic heterocycles. The van der Waals surface area contributed by atoms with Crippen molar-refractivity contribution >= 4 is 17.7 Å². The molecule has 144 valence electrons. The van der Waals surface area contributed by atoms with Crippen molar-refractivity contribution in [3.8, 4) is 5.75 Å². The van der Waals surface area contributed by atoms with Gasteiger partial charge < -0.3 is 18.8 Å². The molecule has 1 aromatic carbocycles. The van der Waals surface area contributed by atoms with Crippen molar-refractivity contribution in [2.45, 2.75) is 26.8 Å². The molecule has 0 N–H and O–H groups in total. The molecule has 2 rings (SSSR count). The second-order valence-electron chi connectivity index (χ2n) is 5.99. The van der Waals surface area contributed by atoms with Gasteiger partial charge in [0.2, 0.25) is 5.78 Å². The molecule has 0 aliphatic heterocycles. The summed E-state index contributed by atoms with van der Waals surface area (Å²) in [6.07, 6.45) is 0.215. The van der Waals surface area contributed by atoms with E-state index >= 15 is 0 Å². The number of ether oxygens (including phenoxy) is 3. The number of benzene rings is 1. The summed E-state index contributed by atoms with van der Waals surface area (Å²) in [4.78, 5) is 35.9. The zero-order valence-corrected chi connectivity index (χ0v) is 15.9. The van der Waals surface area contributed by atoms with Crippen LogP contribution in [0.25, 0.3) is 0 Å². The number of aromatic nitrogens is 1. The van der Waals surface area contributed by atoms with E-state index in [1.807, 2.05) is 11.5 Å². The number of carbonyl (C=O) groups is 3. The summed E-state index contributed by atoms with van der Waals surface area (Å²) in [6.45, 7) is 3.71. The van der Waals surface area contributed by atoms with E-state index in [4.69, 9.17) is 9.47 Å². The molecule has 0 spiro atoms. The summed E-state index contributed by atoms with van der Waals surface area (Å²) < 4.78 is 16.7. The second-order valence-corrected chi connectivity index (χ2v) is 5.99. The molecule has 7 heteroatoms. The molecule has 0 amide bonds. The van der Waals surface area contributed by atoms with Crippen LogP contribution in [-0.4, -0.2) is 43.1 Å². The lowest BCUT2D eigenvalue weighted by Gasteiger charge is -2.09. The first-order chi connectivity index (χ1) is 12.9. The zero-order valence-electron chi connectivity index (χ0n) is 15.9. The molecular formula is C20H23NO6. The van der Waals surface area contributed by atoms with Crippen LogP contribution >= 0.6 is 0 Å². The normalized spacial score (nSPS) is 10.4. The van der Waals surface area contributed by atoms with Gasteiger partial charge in [0.1, 0.15) is 5.75 Å². The number of hydrogen-bond acceptors (Lipinski definition) is 6. The number of aryl methyl sites for hydroxylation is 1. The highest BCUT2D eigenvalue weighted by Crippen LogP contribution is 2.17. The largest absolute Gasteiger partial charge is 0.497 e. The number of ketones is 1. The summed E-state index contributed by atoms with van der Waals surface area (Å²) in [7, 11) is 2.87. The molecule has 1 heterocycles. The lowest BCUT2D eigenvalue weighted by atomic mass is 10.1. The fraction of sp³-hybridized carbons (Fsp3) is 0.350. The summed E-state index contributed by atoms with van der Waals surface area (Å²) in [5.74, 6) is -0.564. The standard InChI is InChI=1S/C20H23NO6/c1-13-11-17(14(2)21(13)10-9-19(23)26-4)18(22)12-27-20(24)15-5-7-16(25-3)8-6-15/h5-8,11H,9-10,12H2,1-4H3. The van der Waals surface area contributed by atoms with Crippen molar-refractivity contribution in [1.29, 1.82) is 0 Å². The molecule has 0 saturated heterocycles. The Bertz CT molecular complexity index is 835. The van der Waals surface area contributed by atoms with E-state index in [1.165, 1.54) is 14.2 Å². The number of hydrogen-bond donors (Lipinski definition) is 0. The maximum absolute atomic E-state index is 12.5. The maximum Gasteiger partial charge on any atom is 0.338 e. The molecule has 7 nitrogen and oxygen atoms in total. The van der Waals surface area contributed by atoms with Gasteiger partial charge in [-0.05, 0) is 44.2 Å². The third kappa shape index (κ3) is 4.97. The minimum Gasteiger partial charge on any atom is -0.497 e. The van der Waals surface area contributed by atoms with Crippen LogP contribution in [0.2, 0.25) is 0 Å². The van der Waals surface area contributed by atoms with Gasteiger partial charge >= 0.3 is 11.9 Å². The van der Waals surface area contributed by atoms with Gasteiger partial charge in [-0.15, -0.1) is 0 Å². The molecular weight excluding hydrogens is 350 g/mol. The Morgan fingerprint density at radius 3 is 2.30 bits per heavy atom. The summed E-state index contributed by atoms with van der Waals surface area (Å²) in [6, 6.07) is 8.17. The Kier molecular flexibility index (Phi) is 6.76. The van der Waals surface area contributed by atoms with Gasteiger partial charge in [-0.25, -0.2) is 4.79 Å². The van der Waals surface area contributed by atoms with Crippen LogP contribution in [0.3, 0.4) is 0 Å². The Morgan fingerprint density at radius 1 is 1.04 bits per heavy atom. The van der Waals surface area contributed by atoms with E-state index in [2.05, 4.69) is 4.74 Å². The number of nitrogens with zero attached hydrogens (tertiary/aromatic N) is 1. The van der Waals surface area contributed by atoms with Crippen LogP contribution in [0.4, 0.5) is 0 Å². The molecule has 0 aliphatic carbocycles. The molecule has 0 aliphatic rings. The van der Waals surface area contributed by atoms with Gasteiger partial charge in [-0.2, -0.15) is 0 Å². The van der Waals surface area contributed by atoms with E-state index < -0.39 is 5.97 Å². The van der Waals surface area contributed by atoms with E-state index in [9.17, 15) is 14.4 Å². The molecule has 2 aromatic rings. The van der Waals surface area contributed by atoms with E-state index in [0.717, 1.165) is 11.4 Å². The Hall–Kier alpha value is -3.09. The highest BCUT2D eigenvalue weighted by molar-refractivity contribution is 6.00. The monoisotopic (exact) mass is 373 g/mol. The summed E-state index contributed by atoms with van der Waals surface area (Å²) in [5, 5.41) is 0. The fourth-order valence-corrected chi connectivity index (χ4v) is 2.75. The van der Waals surface area contributed by atoms with Gasteiger partial charge in [0.05, 0.1) is 26.2 Å². The molecule has 0 bridgehead atoms. The van der Waals surface area contributed by atoms with Crippen LogP contribution in [0.15, 0.2) is 30.3 Å². The van der Waals surface area contributed by atoms with E-state index in [1.54, 1.807) is 37.3 Å². The highest BCUT2D eigenvalue weighted by Gasteiger charge is 2.18. The molecule has 27 heavy (non-hydrogen) atoms. The number of esters is 2. The smallest absolute Gasteiger partial charge is 0.338 e. The van der Waals surface area contributed by atoms with Gasteiger partial charge in [0, 0.05) is 23.5 Å². The van der Waals surface area contributed by atoms with Crippen molar-refractivity contribution in [1.82, 2.24) is 4.57 Å². The average molecular weight is 373 g/mol. The van der Waals surface area contributed by atoms with Gasteiger partial charge in [0.25, 0.3) is 0 Å².